The van der Waals surface area contributed by atoms with Crippen molar-refractivity contribution in [2.45, 2.75) is 19.9 Å². The first-order valence-electron chi connectivity index (χ1n) is 5.01. The molecule has 0 N–H and O–H groups in total. The van der Waals surface area contributed by atoms with E-state index in [1.807, 2.05) is 19.1 Å². The molecular formula is C11H10BrF2N3. The molecule has 0 saturated heterocycles. The second kappa shape index (κ2) is 4.91. The highest BCUT2D eigenvalue weighted by molar-refractivity contribution is 9.10. The molecule has 0 aliphatic heterocycles. The maximum absolute atomic E-state index is 12.2. The third-order valence-electron chi connectivity index (χ3n) is 2.17. The number of hydrogen-bond acceptors (Lipinski definition) is 2. The van der Waals surface area contributed by atoms with Crippen LogP contribution in [-0.4, -0.2) is 21.2 Å². The van der Waals surface area contributed by atoms with E-state index in [0.717, 1.165) is 5.69 Å². The van der Waals surface area contributed by atoms with Crippen molar-refractivity contribution >= 4 is 15.9 Å². The predicted octanol–water partition coefficient (Wildman–Crippen LogP) is 3.28. The number of aromatic nitrogens is 3. The smallest absolute Gasteiger partial charge is 0.257 e. The van der Waals surface area contributed by atoms with E-state index in [0.29, 0.717) is 15.9 Å². The number of halogens is 3. The van der Waals surface area contributed by atoms with E-state index in [1.165, 1.54) is 10.9 Å². The zero-order chi connectivity index (χ0) is 12.4. The van der Waals surface area contributed by atoms with E-state index in [9.17, 15) is 8.78 Å². The molecule has 2 aromatic rings. The second-order valence-electron chi connectivity index (χ2n) is 3.60. The van der Waals surface area contributed by atoms with Gasteiger partial charge >= 0.3 is 0 Å². The standard InChI is InChI=1S/C11H10BrF2N3/c1-7-3-2-4-9(15-7)11-8(12)5-17(16-11)6-10(13)14/h2-5,10H,6H2,1H3. The molecule has 0 radical (unpaired) electrons. The first kappa shape index (κ1) is 12.2. The molecule has 0 aliphatic rings. The molecule has 0 atom stereocenters. The Kier molecular flexibility index (Phi) is 3.51. The summed E-state index contributed by atoms with van der Waals surface area (Å²) in [7, 11) is 0. The van der Waals surface area contributed by atoms with Crippen LogP contribution in [0.3, 0.4) is 0 Å². The lowest BCUT2D eigenvalue weighted by Gasteiger charge is -1.99. The molecule has 0 bridgehead atoms. The van der Waals surface area contributed by atoms with Crippen LogP contribution in [0.1, 0.15) is 5.69 Å². The van der Waals surface area contributed by atoms with Gasteiger partial charge in [-0.25, -0.2) is 8.78 Å². The minimum absolute atomic E-state index is 0.412. The highest BCUT2D eigenvalue weighted by Crippen LogP contribution is 2.25. The number of rotatable bonds is 3. The van der Waals surface area contributed by atoms with E-state index in [1.54, 1.807) is 6.07 Å². The lowest BCUT2D eigenvalue weighted by atomic mass is 10.2. The summed E-state index contributed by atoms with van der Waals surface area (Å²) in [6, 6.07) is 5.52. The first-order chi connectivity index (χ1) is 8.06. The van der Waals surface area contributed by atoms with Crippen molar-refractivity contribution < 1.29 is 8.78 Å². The van der Waals surface area contributed by atoms with Gasteiger partial charge in [-0.15, -0.1) is 0 Å². The summed E-state index contributed by atoms with van der Waals surface area (Å²) in [5, 5.41) is 4.09. The summed E-state index contributed by atoms with van der Waals surface area (Å²) in [4.78, 5) is 4.30. The Bertz CT molecular complexity index is 525. The number of pyridine rings is 1. The Balaban J connectivity index is 2.36. The van der Waals surface area contributed by atoms with Gasteiger partial charge in [0.1, 0.15) is 12.2 Å². The number of aryl methyl sites for hydroxylation is 1. The van der Waals surface area contributed by atoms with Crippen LogP contribution >= 0.6 is 15.9 Å². The summed E-state index contributed by atoms with van der Waals surface area (Å²) in [6.45, 7) is 1.46. The Morgan fingerprint density at radius 1 is 1.41 bits per heavy atom. The predicted molar refractivity (Wildman–Crippen MR) is 63.9 cm³/mol. The van der Waals surface area contributed by atoms with Crippen LogP contribution in [0.25, 0.3) is 11.4 Å². The molecule has 2 rings (SSSR count). The Morgan fingerprint density at radius 3 is 2.82 bits per heavy atom. The molecule has 2 aromatic heterocycles. The fourth-order valence-corrected chi connectivity index (χ4v) is 2.00. The van der Waals surface area contributed by atoms with E-state index >= 15 is 0 Å². The maximum atomic E-state index is 12.2. The quantitative estimate of drug-likeness (QED) is 0.871. The normalized spacial score (nSPS) is 11.1. The maximum Gasteiger partial charge on any atom is 0.257 e. The van der Waals surface area contributed by atoms with Crippen molar-refractivity contribution in [3.63, 3.8) is 0 Å². The molecule has 0 fully saturated rings. The average molecular weight is 302 g/mol. The van der Waals surface area contributed by atoms with Crippen LogP contribution in [0.4, 0.5) is 8.78 Å². The summed E-state index contributed by atoms with van der Waals surface area (Å²) >= 11 is 3.30. The van der Waals surface area contributed by atoms with Gasteiger partial charge in [0.05, 0.1) is 10.2 Å². The largest absolute Gasteiger partial charge is 0.265 e. The molecule has 0 saturated carbocycles. The van der Waals surface area contributed by atoms with Gasteiger partial charge in [0.15, 0.2) is 0 Å². The number of nitrogens with zero attached hydrogens (tertiary/aromatic N) is 3. The van der Waals surface area contributed by atoms with Gasteiger partial charge in [-0.1, -0.05) is 6.07 Å². The zero-order valence-electron chi connectivity index (χ0n) is 9.07. The fourth-order valence-electron chi connectivity index (χ4n) is 1.48. The SMILES string of the molecule is Cc1cccc(-c2nn(CC(F)F)cc2Br)n1. The van der Waals surface area contributed by atoms with Gasteiger partial charge in [-0.3, -0.25) is 9.67 Å². The van der Waals surface area contributed by atoms with Crippen LogP contribution in [0.5, 0.6) is 0 Å². The molecule has 0 aliphatic carbocycles. The molecule has 2 heterocycles. The third-order valence-corrected chi connectivity index (χ3v) is 2.75. The van der Waals surface area contributed by atoms with Gasteiger partial charge in [0, 0.05) is 11.9 Å². The zero-order valence-corrected chi connectivity index (χ0v) is 10.7. The van der Waals surface area contributed by atoms with Crippen molar-refractivity contribution in [3.05, 3.63) is 34.6 Å². The molecule has 0 aromatic carbocycles. The molecule has 0 amide bonds. The molecular weight excluding hydrogens is 292 g/mol. The molecule has 0 unspecified atom stereocenters. The second-order valence-corrected chi connectivity index (χ2v) is 4.46. The fraction of sp³-hybridized carbons (Fsp3) is 0.273. The van der Waals surface area contributed by atoms with E-state index in [-0.39, 0.29) is 0 Å². The van der Waals surface area contributed by atoms with Gasteiger partial charge in [0.2, 0.25) is 0 Å². The van der Waals surface area contributed by atoms with Gasteiger partial charge < -0.3 is 0 Å². The Labute approximate surface area is 106 Å². The lowest BCUT2D eigenvalue weighted by molar-refractivity contribution is 0.122. The average Bonchev–Trinajstić information content (AvgIpc) is 2.58. The van der Waals surface area contributed by atoms with Crippen LogP contribution in [0.15, 0.2) is 28.9 Å². The number of hydrogen-bond donors (Lipinski definition) is 0. The van der Waals surface area contributed by atoms with Crippen LogP contribution < -0.4 is 0 Å². The summed E-state index contributed by atoms with van der Waals surface area (Å²) in [5.41, 5.74) is 2.11. The third kappa shape index (κ3) is 2.88. The van der Waals surface area contributed by atoms with Crippen molar-refractivity contribution in [1.29, 1.82) is 0 Å². The number of alkyl halides is 2. The van der Waals surface area contributed by atoms with Gasteiger partial charge in [-0.2, -0.15) is 5.10 Å². The van der Waals surface area contributed by atoms with E-state index in [2.05, 4.69) is 26.0 Å². The molecule has 0 spiro atoms. The Hall–Kier alpha value is -1.30. The highest BCUT2D eigenvalue weighted by atomic mass is 79.9. The van der Waals surface area contributed by atoms with Crippen molar-refractivity contribution in [2.24, 2.45) is 0 Å². The molecule has 90 valence electrons. The summed E-state index contributed by atoms with van der Waals surface area (Å²) in [5.74, 6) is 0. The first-order valence-corrected chi connectivity index (χ1v) is 5.80. The molecule has 17 heavy (non-hydrogen) atoms. The lowest BCUT2D eigenvalue weighted by Crippen LogP contribution is -2.06. The van der Waals surface area contributed by atoms with Crippen LogP contribution in [-0.2, 0) is 6.54 Å². The Morgan fingerprint density at radius 2 is 2.18 bits per heavy atom. The van der Waals surface area contributed by atoms with E-state index in [4.69, 9.17) is 0 Å². The van der Waals surface area contributed by atoms with Gasteiger partial charge in [-0.05, 0) is 35.0 Å². The van der Waals surface area contributed by atoms with Crippen LogP contribution in [0, 0.1) is 6.92 Å². The molecule has 6 heteroatoms. The van der Waals surface area contributed by atoms with Crippen LogP contribution in [0.2, 0.25) is 0 Å². The minimum atomic E-state index is -2.42. The topological polar surface area (TPSA) is 30.7 Å². The van der Waals surface area contributed by atoms with Crippen molar-refractivity contribution in [1.82, 2.24) is 14.8 Å². The molecule has 3 nitrogen and oxygen atoms in total. The minimum Gasteiger partial charge on any atom is -0.265 e. The highest BCUT2D eigenvalue weighted by Gasteiger charge is 2.12. The summed E-state index contributed by atoms with van der Waals surface area (Å²) in [6.07, 6.45) is -0.883. The summed E-state index contributed by atoms with van der Waals surface area (Å²) < 4.78 is 26.4. The monoisotopic (exact) mass is 301 g/mol. The van der Waals surface area contributed by atoms with Crippen molar-refractivity contribution in [3.8, 4) is 11.4 Å². The van der Waals surface area contributed by atoms with Gasteiger partial charge in [0.25, 0.3) is 6.43 Å². The van der Waals surface area contributed by atoms with Crippen molar-refractivity contribution in [2.75, 3.05) is 0 Å². The van der Waals surface area contributed by atoms with E-state index < -0.39 is 13.0 Å².